The number of rotatable bonds is 4. The van der Waals surface area contributed by atoms with Crippen molar-refractivity contribution >= 4 is 15.7 Å². The van der Waals surface area contributed by atoms with Gasteiger partial charge in [-0.1, -0.05) is 0 Å². The Kier molecular flexibility index (Phi) is 3.48. The van der Waals surface area contributed by atoms with Gasteiger partial charge in [0.05, 0.1) is 29.1 Å². The summed E-state index contributed by atoms with van der Waals surface area (Å²) < 4.78 is 31.9. The van der Waals surface area contributed by atoms with Crippen molar-refractivity contribution in [3.63, 3.8) is 0 Å². The quantitative estimate of drug-likeness (QED) is 0.895. The highest BCUT2D eigenvalue weighted by atomic mass is 32.2. The number of benzene rings is 1. The number of aromatic nitrogens is 2. The normalized spacial score (nSPS) is 11.3. The fourth-order valence-electron chi connectivity index (χ4n) is 1.65. The van der Waals surface area contributed by atoms with Crippen molar-refractivity contribution < 1.29 is 13.2 Å². The molecule has 0 spiro atoms. The number of anilines is 1. The summed E-state index contributed by atoms with van der Waals surface area (Å²) in [5.41, 5.74) is 1.76. The summed E-state index contributed by atoms with van der Waals surface area (Å²) in [4.78, 5) is 0.174. The number of H-pyrrole nitrogens is 1. The molecule has 0 fully saturated rings. The summed E-state index contributed by atoms with van der Waals surface area (Å²) in [5.74, 6) is 0.606. The molecule has 0 saturated heterocycles. The largest absolute Gasteiger partial charge is 0.497 e. The predicted octanol–water partition coefficient (Wildman–Crippen LogP) is 1.84. The summed E-state index contributed by atoms with van der Waals surface area (Å²) in [6.45, 7) is 3.49. The van der Waals surface area contributed by atoms with Crippen LogP contribution in [0.2, 0.25) is 0 Å². The third kappa shape index (κ3) is 2.70. The fraction of sp³-hybridized carbons (Fsp3) is 0.250. The third-order valence-electron chi connectivity index (χ3n) is 2.73. The lowest BCUT2D eigenvalue weighted by molar-refractivity contribution is 0.414. The number of aryl methyl sites for hydroxylation is 2. The van der Waals surface area contributed by atoms with E-state index in [9.17, 15) is 8.42 Å². The zero-order valence-electron chi connectivity index (χ0n) is 10.9. The highest BCUT2D eigenvalue weighted by Crippen LogP contribution is 2.22. The highest BCUT2D eigenvalue weighted by Gasteiger charge is 2.17. The summed E-state index contributed by atoms with van der Waals surface area (Å²) in [6, 6.07) is 6.19. The summed E-state index contributed by atoms with van der Waals surface area (Å²) >= 11 is 0. The minimum Gasteiger partial charge on any atom is -0.497 e. The van der Waals surface area contributed by atoms with Gasteiger partial charge in [0.1, 0.15) is 5.75 Å². The number of sulfonamides is 1. The number of methoxy groups -OCH3 is 1. The summed E-state index contributed by atoms with van der Waals surface area (Å²) in [7, 11) is -2.09. The van der Waals surface area contributed by atoms with E-state index in [1.54, 1.807) is 26.0 Å². The second-order valence-electron chi connectivity index (χ2n) is 4.09. The van der Waals surface area contributed by atoms with Crippen molar-refractivity contribution in [2.24, 2.45) is 0 Å². The zero-order valence-corrected chi connectivity index (χ0v) is 11.7. The molecule has 0 aliphatic rings. The number of ether oxygens (including phenoxy) is 1. The minimum absolute atomic E-state index is 0.174. The first-order chi connectivity index (χ1) is 8.94. The van der Waals surface area contributed by atoms with E-state index in [0.29, 0.717) is 22.8 Å². The van der Waals surface area contributed by atoms with E-state index in [-0.39, 0.29) is 4.90 Å². The maximum absolute atomic E-state index is 12.2. The van der Waals surface area contributed by atoms with Crippen molar-refractivity contribution in [1.82, 2.24) is 10.2 Å². The number of nitrogens with zero attached hydrogens (tertiary/aromatic N) is 1. The van der Waals surface area contributed by atoms with E-state index >= 15 is 0 Å². The molecule has 0 aliphatic heterocycles. The van der Waals surface area contributed by atoms with E-state index in [0.717, 1.165) is 0 Å². The molecule has 1 heterocycles. The maximum Gasteiger partial charge on any atom is 0.262 e. The molecule has 0 bridgehead atoms. The van der Waals surface area contributed by atoms with Crippen molar-refractivity contribution in [1.29, 1.82) is 0 Å². The molecule has 102 valence electrons. The lowest BCUT2D eigenvalue weighted by Crippen LogP contribution is -2.13. The Morgan fingerprint density at radius 3 is 2.32 bits per heavy atom. The van der Waals surface area contributed by atoms with E-state index in [1.165, 1.54) is 19.2 Å². The maximum atomic E-state index is 12.2. The molecule has 2 N–H and O–H groups in total. The van der Waals surface area contributed by atoms with E-state index in [2.05, 4.69) is 14.9 Å². The van der Waals surface area contributed by atoms with Gasteiger partial charge in [0.15, 0.2) is 0 Å². The van der Waals surface area contributed by atoms with E-state index in [1.807, 2.05) is 0 Å². The molecule has 7 heteroatoms. The molecule has 0 saturated carbocycles. The van der Waals surface area contributed by atoms with Crippen molar-refractivity contribution in [3.05, 3.63) is 35.7 Å². The van der Waals surface area contributed by atoms with E-state index < -0.39 is 10.0 Å². The molecule has 1 aromatic carbocycles. The molecule has 0 aliphatic carbocycles. The molecule has 0 radical (unpaired) electrons. The van der Waals surface area contributed by atoms with Crippen molar-refractivity contribution in [2.75, 3.05) is 11.8 Å². The van der Waals surface area contributed by atoms with Crippen LogP contribution in [0.25, 0.3) is 0 Å². The van der Waals surface area contributed by atoms with Crippen LogP contribution in [0.4, 0.5) is 5.69 Å². The lowest BCUT2D eigenvalue weighted by Gasteiger charge is -2.08. The Morgan fingerprint density at radius 2 is 1.84 bits per heavy atom. The Balaban J connectivity index is 2.32. The Morgan fingerprint density at radius 1 is 1.21 bits per heavy atom. The summed E-state index contributed by atoms with van der Waals surface area (Å²) in [6.07, 6.45) is 0. The van der Waals surface area contributed by atoms with Crippen LogP contribution in [0.1, 0.15) is 11.4 Å². The van der Waals surface area contributed by atoms with Crippen LogP contribution in [-0.4, -0.2) is 25.7 Å². The van der Waals surface area contributed by atoms with Gasteiger partial charge < -0.3 is 4.74 Å². The molecule has 2 aromatic rings. The second-order valence-corrected chi connectivity index (χ2v) is 5.77. The topological polar surface area (TPSA) is 84.1 Å². The Hall–Kier alpha value is -2.02. The first-order valence-electron chi connectivity index (χ1n) is 5.62. The van der Waals surface area contributed by atoms with Gasteiger partial charge in [-0.15, -0.1) is 0 Å². The Bertz CT molecular complexity index is 655. The first kappa shape index (κ1) is 13.4. The average Bonchev–Trinajstić information content (AvgIpc) is 2.70. The van der Waals surface area contributed by atoms with Gasteiger partial charge in [0.2, 0.25) is 0 Å². The molecule has 6 nitrogen and oxygen atoms in total. The highest BCUT2D eigenvalue weighted by molar-refractivity contribution is 7.92. The number of nitrogens with one attached hydrogen (secondary N) is 2. The third-order valence-corrected chi connectivity index (χ3v) is 4.10. The van der Waals surface area contributed by atoms with Gasteiger partial charge in [-0.25, -0.2) is 8.42 Å². The van der Waals surface area contributed by atoms with Crippen LogP contribution in [0.15, 0.2) is 29.2 Å². The molecule has 1 aromatic heterocycles. The minimum atomic E-state index is -3.62. The second kappa shape index (κ2) is 4.93. The number of hydrogen-bond acceptors (Lipinski definition) is 4. The van der Waals surface area contributed by atoms with Gasteiger partial charge in [0, 0.05) is 0 Å². The average molecular weight is 281 g/mol. The van der Waals surface area contributed by atoms with Gasteiger partial charge >= 0.3 is 0 Å². The van der Waals surface area contributed by atoms with Gasteiger partial charge in [-0.05, 0) is 38.1 Å². The monoisotopic (exact) mass is 281 g/mol. The molecular weight excluding hydrogens is 266 g/mol. The Labute approximate surface area is 111 Å². The van der Waals surface area contributed by atoms with Crippen LogP contribution in [0.3, 0.4) is 0 Å². The van der Waals surface area contributed by atoms with Crippen LogP contribution in [0, 0.1) is 13.8 Å². The number of aromatic amines is 1. The molecule has 19 heavy (non-hydrogen) atoms. The molecular formula is C12H15N3O3S. The van der Waals surface area contributed by atoms with Gasteiger partial charge in [-0.3, -0.25) is 9.82 Å². The van der Waals surface area contributed by atoms with Crippen LogP contribution < -0.4 is 9.46 Å². The van der Waals surface area contributed by atoms with E-state index in [4.69, 9.17) is 4.74 Å². The number of hydrogen-bond donors (Lipinski definition) is 2. The van der Waals surface area contributed by atoms with Crippen molar-refractivity contribution in [2.45, 2.75) is 18.7 Å². The summed E-state index contributed by atoms with van der Waals surface area (Å²) in [5, 5.41) is 6.68. The molecule has 0 atom stereocenters. The molecule has 0 unspecified atom stereocenters. The fourth-order valence-corrected chi connectivity index (χ4v) is 2.83. The lowest BCUT2D eigenvalue weighted by atomic mass is 10.3. The zero-order chi connectivity index (χ0) is 14.0. The standard InChI is InChI=1S/C12H15N3O3S/c1-8-12(9(2)14-13-8)15-19(16,17)11-6-4-10(18-3)5-7-11/h4-7,15H,1-3H3,(H,13,14). The van der Waals surface area contributed by atoms with Crippen molar-refractivity contribution in [3.8, 4) is 5.75 Å². The predicted molar refractivity (Wildman–Crippen MR) is 71.9 cm³/mol. The van der Waals surface area contributed by atoms with Crippen LogP contribution in [-0.2, 0) is 10.0 Å². The first-order valence-corrected chi connectivity index (χ1v) is 7.11. The van der Waals surface area contributed by atoms with Crippen LogP contribution >= 0.6 is 0 Å². The molecule has 2 rings (SSSR count). The molecule has 0 amide bonds. The van der Waals surface area contributed by atoms with Gasteiger partial charge in [-0.2, -0.15) is 5.10 Å². The van der Waals surface area contributed by atoms with Crippen LogP contribution in [0.5, 0.6) is 5.75 Å². The SMILES string of the molecule is COc1ccc(S(=O)(=O)Nc2c(C)n[nH]c2C)cc1. The van der Waals surface area contributed by atoms with Gasteiger partial charge in [0.25, 0.3) is 10.0 Å². The smallest absolute Gasteiger partial charge is 0.262 e.